The summed E-state index contributed by atoms with van der Waals surface area (Å²) < 4.78 is 0. The number of hydrogen-bond acceptors (Lipinski definition) is 5. The van der Waals surface area contributed by atoms with Gasteiger partial charge in [-0.15, -0.1) is 24.0 Å². The van der Waals surface area contributed by atoms with Crippen LogP contribution < -0.4 is 20.4 Å². The van der Waals surface area contributed by atoms with Gasteiger partial charge in [0.2, 0.25) is 5.91 Å². The Morgan fingerprint density at radius 3 is 2.50 bits per heavy atom. The number of guanidine groups is 1. The fourth-order valence-electron chi connectivity index (χ4n) is 4.41. The van der Waals surface area contributed by atoms with Gasteiger partial charge < -0.3 is 25.3 Å². The van der Waals surface area contributed by atoms with Gasteiger partial charge >= 0.3 is 0 Å². The van der Waals surface area contributed by atoms with Gasteiger partial charge in [-0.25, -0.2) is 4.98 Å². The van der Waals surface area contributed by atoms with E-state index in [2.05, 4.69) is 61.6 Å². The summed E-state index contributed by atoms with van der Waals surface area (Å²) in [4.78, 5) is 28.4. The monoisotopic (exact) mass is 577 g/mol. The largest absolute Gasteiger partial charge is 0.369 e. The zero-order valence-corrected chi connectivity index (χ0v) is 22.2. The molecule has 2 aliphatic rings. The number of anilines is 2. The summed E-state index contributed by atoms with van der Waals surface area (Å²) in [5.74, 6) is 1.95. The van der Waals surface area contributed by atoms with Crippen molar-refractivity contribution >= 4 is 47.3 Å². The second-order valence-corrected chi connectivity index (χ2v) is 8.48. The topological polar surface area (TPSA) is 76.1 Å². The van der Waals surface area contributed by atoms with Crippen LogP contribution in [0.5, 0.6) is 0 Å². The number of halogens is 1. The summed E-state index contributed by atoms with van der Waals surface area (Å²) >= 11 is 0. The fourth-order valence-corrected chi connectivity index (χ4v) is 4.41. The molecule has 34 heavy (non-hydrogen) atoms. The van der Waals surface area contributed by atoms with E-state index in [1.807, 2.05) is 35.4 Å². The molecule has 0 spiro atoms. The van der Waals surface area contributed by atoms with Crippen molar-refractivity contribution in [3.05, 3.63) is 54.7 Å². The molecule has 1 unspecified atom stereocenters. The van der Waals surface area contributed by atoms with E-state index in [0.717, 1.165) is 64.0 Å². The summed E-state index contributed by atoms with van der Waals surface area (Å²) in [6.07, 6.45) is 3.31. The highest BCUT2D eigenvalue weighted by Crippen LogP contribution is 2.19. The number of aliphatic imine (C=N–C) groups is 1. The van der Waals surface area contributed by atoms with Crippen molar-refractivity contribution in [1.29, 1.82) is 0 Å². The lowest BCUT2D eigenvalue weighted by Gasteiger charge is -2.35. The van der Waals surface area contributed by atoms with Gasteiger partial charge in [-0.1, -0.05) is 24.3 Å². The van der Waals surface area contributed by atoms with Crippen molar-refractivity contribution in [2.45, 2.75) is 25.8 Å². The maximum absolute atomic E-state index is 12.7. The Morgan fingerprint density at radius 2 is 1.79 bits per heavy atom. The van der Waals surface area contributed by atoms with Crippen LogP contribution in [0, 0.1) is 0 Å². The molecule has 2 aromatic rings. The maximum atomic E-state index is 12.7. The van der Waals surface area contributed by atoms with Crippen molar-refractivity contribution in [3.8, 4) is 0 Å². The lowest BCUT2D eigenvalue weighted by atomic mass is 10.2. The quantitative estimate of drug-likeness (QED) is 0.300. The summed E-state index contributed by atoms with van der Waals surface area (Å²) in [5, 5.41) is 6.88. The van der Waals surface area contributed by atoms with Crippen molar-refractivity contribution in [1.82, 2.24) is 20.5 Å². The van der Waals surface area contributed by atoms with Crippen LogP contribution in [-0.2, 0) is 4.79 Å². The molecule has 8 nitrogen and oxygen atoms in total. The smallest absolute Gasteiger partial charge is 0.224 e. The molecule has 0 radical (unpaired) electrons. The van der Waals surface area contributed by atoms with E-state index in [9.17, 15) is 4.79 Å². The van der Waals surface area contributed by atoms with Crippen LogP contribution in [0.2, 0.25) is 0 Å². The van der Waals surface area contributed by atoms with E-state index >= 15 is 0 Å². The van der Waals surface area contributed by atoms with Gasteiger partial charge in [-0.2, -0.15) is 0 Å². The number of para-hydroxylation sites is 1. The third-order valence-electron chi connectivity index (χ3n) is 6.20. The molecule has 1 aromatic heterocycles. The summed E-state index contributed by atoms with van der Waals surface area (Å²) in [6.45, 7) is 8.43. The number of nitrogens with one attached hydrogen (secondary N) is 2. The molecule has 0 bridgehead atoms. The Kier molecular flexibility index (Phi) is 10.2. The lowest BCUT2D eigenvalue weighted by Crippen LogP contribution is -2.49. The molecular weight excluding hydrogens is 541 g/mol. The molecule has 1 aromatic carbocycles. The first-order valence-corrected chi connectivity index (χ1v) is 12.0. The van der Waals surface area contributed by atoms with E-state index in [1.165, 1.54) is 5.69 Å². The number of nitrogens with zero attached hydrogens (tertiary/aromatic N) is 5. The van der Waals surface area contributed by atoms with E-state index in [1.54, 1.807) is 0 Å². The predicted octanol–water partition coefficient (Wildman–Crippen LogP) is 2.57. The van der Waals surface area contributed by atoms with Crippen molar-refractivity contribution < 1.29 is 4.79 Å². The first-order chi connectivity index (χ1) is 16.2. The van der Waals surface area contributed by atoms with Crippen molar-refractivity contribution in [2.24, 2.45) is 4.99 Å². The zero-order valence-electron chi connectivity index (χ0n) is 19.9. The lowest BCUT2D eigenvalue weighted by molar-refractivity contribution is -0.131. The number of hydrogen-bond donors (Lipinski definition) is 2. The van der Waals surface area contributed by atoms with Crippen LogP contribution >= 0.6 is 24.0 Å². The van der Waals surface area contributed by atoms with E-state index in [-0.39, 0.29) is 29.9 Å². The highest BCUT2D eigenvalue weighted by Gasteiger charge is 2.24. The predicted molar refractivity (Wildman–Crippen MR) is 149 cm³/mol. The maximum Gasteiger partial charge on any atom is 0.224 e. The molecule has 0 aliphatic carbocycles. The minimum Gasteiger partial charge on any atom is -0.369 e. The van der Waals surface area contributed by atoms with Crippen LogP contribution in [0.4, 0.5) is 11.5 Å². The number of carbonyl (C=O) groups is 1. The Morgan fingerprint density at radius 1 is 1.03 bits per heavy atom. The summed E-state index contributed by atoms with van der Waals surface area (Å²) in [6, 6.07) is 16.8. The number of amides is 1. The van der Waals surface area contributed by atoms with E-state index in [0.29, 0.717) is 19.0 Å². The van der Waals surface area contributed by atoms with Crippen molar-refractivity contribution in [2.75, 3.05) is 62.2 Å². The second kappa shape index (κ2) is 13.4. The van der Waals surface area contributed by atoms with Crippen LogP contribution in [0.25, 0.3) is 0 Å². The van der Waals surface area contributed by atoms with Gasteiger partial charge in [-0.3, -0.25) is 9.79 Å². The van der Waals surface area contributed by atoms with Crippen LogP contribution in [-0.4, -0.2) is 80.2 Å². The Bertz CT molecular complexity index is 904. The Hall–Kier alpha value is -2.56. The normalized spacial score (nSPS) is 18.4. The molecule has 9 heteroatoms. The summed E-state index contributed by atoms with van der Waals surface area (Å²) in [5.41, 5.74) is 1.26. The first kappa shape index (κ1) is 26.1. The van der Waals surface area contributed by atoms with Crippen LogP contribution in [0.3, 0.4) is 0 Å². The van der Waals surface area contributed by atoms with Crippen LogP contribution in [0.15, 0.2) is 59.7 Å². The average molecular weight is 578 g/mol. The highest BCUT2D eigenvalue weighted by atomic mass is 127. The minimum absolute atomic E-state index is 0. The Balaban J connectivity index is 0.00000324. The van der Waals surface area contributed by atoms with Gasteiger partial charge in [0.05, 0.1) is 6.54 Å². The highest BCUT2D eigenvalue weighted by molar-refractivity contribution is 14.0. The summed E-state index contributed by atoms with van der Waals surface area (Å²) in [7, 11) is 0. The van der Waals surface area contributed by atoms with E-state index < -0.39 is 0 Å². The van der Waals surface area contributed by atoms with Gasteiger partial charge in [0.1, 0.15) is 5.82 Å². The molecule has 1 atom stereocenters. The van der Waals surface area contributed by atoms with Crippen molar-refractivity contribution in [3.63, 3.8) is 0 Å². The molecule has 184 valence electrons. The second-order valence-electron chi connectivity index (χ2n) is 8.48. The van der Waals surface area contributed by atoms with Crippen LogP contribution in [0.1, 0.15) is 19.8 Å². The molecule has 0 saturated carbocycles. The molecule has 2 saturated heterocycles. The average Bonchev–Trinajstić information content (AvgIpc) is 3.34. The SMILES string of the molecule is CCNC(=NCCC(=O)N1CCN(c2ccccn2)CC1)NC1CCN(c2ccccc2)C1.I. The first-order valence-electron chi connectivity index (χ1n) is 12.0. The molecular formula is C25H36IN7O. The third kappa shape index (κ3) is 7.22. The molecule has 2 fully saturated rings. The molecule has 4 rings (SSSR count). The zero-order chi connectivity index (χ0) is 22.9. The fraction of sp³-hybridized carbons (Fsp3) is 0.480. The van der Waals surface area contributed by atoms with E-state index in [4.69, 9.17) is 0 Å². The standard InChI is InChI=1S/C25H35N7O.HI/c1-2-26-25(29-21-12-15-32(20-21)22-8-4-3-5-9-22)28-14-11-24(33)31-18-16-30(17-19-31)23-10-6-7-13-27-23;/h3-10,13,21H,2,11-12,14-20H2,1H3,(H2,26,28,29);1H. The molecule has 1 amide bonds. The molecule has 2 aliphatic heterocycles. The van der Waals surface area contributed by atoms with Gasteiger partial charge in [0, 0.05) is 70.2 Å². The number of aromatic nitrogens is 1. The minimum atomic E-state index is 0. The van der Waals surface area contributed by atoms with Gasteiger partial charge in [-0.05, 0) is 37.6 Å². The number of carbonyl (C=O) groups excluding carboxylic acids is 1. The van der Waals surface area contributed by atoms with Gasteiger partial charge in [0.25, 0.3) is 0 Å². The number of pyridine rings is 1. The number of rotatable bonds is 7. The number of piperazine rings is 1. The molecule has 2 N–H and O–H groups in total. The molecule has 3 heterocycles. The van der Waals surface area contributed by atoms with Gasteiger partial charge in [0.15, 0.2) is 5.96 Å². The Labute approximate surface area is 219 Å². The third-order valence-corrected chi connectivity index (χ3v) is 6.20. The number of benzene rings is 1.